The number of halogens is 1. The van der Waals surface area contributed by atoms with E-state index in [4.69, 9.17) is 0 Å². The van der Waals surface area contributed by atoms with Gasteiger partial charge in [-0.05, 0) is 34.7 Å². The number of rotatable bonds is 5. The molecule has 0 unspecified atom stereocenters. The second-order valence-corrected chi connectivity index (χ2v) is 4.08. The second-order valence-electron chi connectivity index (χ2n) is 3.17. The van der Waals surface area contributed by atoms with Gasteiger partial charge in [-0.1, -0.05) is 15.9 Å². The molecule has 0 N–H and O–H groups in total. The molecule has 17 heavy (non-hydrogen) atoms. The lowest BCUT2D eigenvalue weighted by molar-refractivity contribution is 0.278. The second kappa shape index (κ2) is 5.53. The quantitative estimate of drug-likeness (QED) is 0.771. The zero-order chi connectivity index (χ0) is 12.1. The summed E-state index contributed by atoms with van der Waals surface area (Å²) in [7, 11) is 0. The molecule has 0 amide bonds. The molecule has 6 nitrogen and oxygen atoms in total. The van der Waals surface area contributed by atoms with Crippen LogP contribution < -0.4 is 0 Å². The van der Waals surface area contributed by atoms with Crippen molar-refractivity contribution in [3.8, 4) is 5.69 Å². The van der Waals surface area contributed by atoms with E-state index in [-0.39, 0.29) is 6.61 Å². The van der Waals surface area contributed by atoms with Gasteiger partial charge in [-0.15, -0.1) is 5.10 Å². The van der Waals surface area contributed by atoms with Crippen LogP contribution in [0, 0.1) is 0 Å². The van der Waals surface area contributed by atoms with Gasteiger partial charge < -0.3 is 4.74 Å². The Hall–Kier alpha value is -1.76. The van der Waals surface area contributed by atoms with Gasteiger partial charge in [0.2, 0.25) is 0 Å². The van der Waals surface area contributed by atoms with Crippen LogP contribution in [0.2, 0.25) is 0 Å². The summed E-state index contributed by atoms with van der Waals surface area (Å²) in [5, 5.41) is 11.3. The molecule has 0 aliphatic carbocycles. The van der Waals surface area contributed by atoms with Crippen molar-refractivity contribution in [2.24, 2.45) is 0 Å². The smallest absolute Gasteiger partial charge is 0.417 e. The molecule has 7 heteroatoms. The molecule has 0 atom stereocenters. The fraction of sp³-hybridized carbons (Fsp3) is 0.200. The first kappa shape index (κ1) is 11.7. The fourth-order valence-electron chi connectivity index (χ4n) is 1.33. The minimum Gasteiger partial charge on any atom is -0.457 e. The number of nitrogens with zero attached hydrogens (tertiary/aromatic N) is 4. The molecule has 0 saturated heterocycles. The highest BCUT2D eigenvalue weighted by molar-refractivity contribution is 9.10. The Morgan fingerprint density at radius 2 is 2.12 bits per heavy atom. The Labute approximate surface area is 106 Å². The molecule has 0 bridgehead atoms. The lowest BCUT2D eigenvalue weighted by Crippen LogP contribution is -2.06. The number of benzene rings is 1. The van der Waals surface area contributed by atoms with Gasteiger partial charge in [0.25, 0.3) is 0 Å². The summed E-state index contributed by atoms with van der Waals surface area (Å²) < 4.78 is 7.07. The van der Waals surface area contributed by atoms with Gasteiger partial charge >= 0.3 is 6.47 Å². The van der Waals surface area contributed by atoms with Crippen molar-refractivity contribution < 1.29 is 9.53 Å². The molecule has 1 radical (unpaired) electrons. The molecule has 2 aromatic rings. The minimum absolute atomic E-state index is 0.209. The Morgan fingerprint density at radius 1 is 1.35 bits per heavy atom. The maximum Gasteiger partial charge on any atom is 0.417 e. The van der Waals surface area contributed by atoms with E-state index < -0.39 is 0 Å². The van der Waals surface area contributed by atoms with Gasteiger partial charge in [0.1, 0.15) is 0 Å². The molecule has 0 aliphatic rings. The summed E-state index contributed by atoms with van der Waals surface area (Å²) in [6.45, 7) is 1.57. The van der Waals surface area contributed by atoms with Crippen molar-refractivity contribution in [3.63, 3.8) is 0 Å². The molecule has 0 fully saturated rings. The number of hydrogen-bond acceptors (Lipinski definition) is 5. The van der Waals surface area contributed by atoms with E-state index in [1.165, 1.54) is 6.47 Å². The molecule has 1 heterocycles. The van der Waals surface area contributed by atoms with E-state index >= 15 is 0 Å². The van der Waals surface area contributed by atoms with E-state index in [1.54, 1.807) is 4.68 Å². The van der Waals surface area contributed by atoms with Crippen molar-refractivity contribution >= 4 is 22.4 Å². The maximum atomic E-state index is 9.91. The SMILES string of the molecule is O=[C]OCCc1nnnn1-c1ccc(Br)cc1. The third-order valence-corrected chi connectivity index (χ3v) is 2.62. The number of hydrogen-bond donors (Lipinski definition) is 0. The molecule has 2 rings (SSSR count). The summed E-state index contributed by atoms with van der Waals surface area (Å²) in [5.41, 5.74) is 0.850. The summed E-state index contributed by atoms with van der Waals surface area (Å²) in [5.74, 6) is 0.627. The molecule has 1 aromatic heterocycles. The van der Waals surface area contributed by atoms with Crippen LogP contribution in [-0.2, 0) is 16.0 Å². The van der Waals surface area contributed by atoms with Gasteiger partial charge in [-0.3, -0.25) is 0 Å². The molecular formula is C10H8BrN4O2. The molecular weight excluding hydrogens is 288 g/mol. The van der Waals surface area contributed by atoms with E-state index in [2.05, 4.69) is 36.2 Å². The third kappa shape index (κ3) is 2.88. The molecule has 0 saturated carbocycles. The Kier molecular flexibility index (Phi) is 3.81. The summed E-state index contributed by atoms with van der Waals surface area (Å²) in [6, 6.07) is 7.57. The monoisotopic (exact) mass is 295 g/mol. The zero-order valence-electron chi connectivity index (χ0n) is 8.71. The van der Waals surface area contributed by atoms with Crippen molar-refractivity contribution in [1.82, 2.24) is 20.2 Å². The van der Waals surface area contributed by atoms with Gasteiger partial charge in [-0.2, -0.15) is 4.68 Å². The van der Waals surface area contributed by atoms with Crippen LogP contribution in [0.5, 0.6) is 0 Å². The lowest BCUT2D eigenvalue weighted by Gasteiger charge is -2.03. The van der Waals surface area contributed by atoms with Crippen LogP contribution >= 0.6 is 15.9 Å². The van der Waals surface area contributed by atoms with E-state index in [0.29, 0.717) is 12.2 Å². The lowest BCUT2D eigenvalue weighted by atomic mass is 10.3. The molecule has 1 aromatic carbocycles. The summed E-state index contributed by atoms with van der Waals surface area (Å²) in [4.78, 5) is 9.91. The zero-order valence-corrected chi connectivity index (χ0v) is 10.3. The number of aromatic nitrogens is 4. The first-order valence-electron chi connectivity index (χ1n) is 4.83. The van der Waals surface area contributed by atoms with Crippen molar-refractivity contribution in [3.05, 3.63) is 34.6 Å². The van der Waals surface area contributed by atoms with Crippen LogP contribution in [0.3, 0.4) is 0 Å². The largest absolute Gasteiger partial charge is 0.457 e. The number of tetrazole rings is 1. The number of carbonyl (C=O) groups excluding carboxylic acids is 1. The van der Waals surface area contributed by atoms with E-state index in [9.17, 15) is 4.79 Å². The van der Waals surface area contributed by atoms with E-state index in [1.807, 2.05) is 24.3 Å². The van der Waals surface area contributed by atoms with Crippen LogP contribution in [0.25, 0.3) is 5.69 Å². The average Bonchev–Trinajstić information content (AvgIpc) is 2.79. The Balaban J connectivity index is 2.18. The maximum absolute atomic E-state index is 9.91. The first-order valence-corrected chi connectivity index (χ1v) is 5.62. The van der Waals surface area contributed by atoms with Gasteiger partial charge in [0.15, 0.2) is 5.82 Å². The van der Waals surface area contributed by atoms with Crippen molar-refractivity contribution in [2.45, 2.75) is 6.42 Å². The average molecular weight is 296 g/mol. The van der Waals surface area contributed by atoms with Crippen LogP contribution in [-0.4, -0.2) is 33.3 Å². The van der Waals surface area contributed by atoms with Crippen molar-refractivity contribution in [1.29, 1.82) is 0 Å². The molecule has 0 aliphatic heterocycles. The first-order chi connectivity index (χ1) is 8.31. The Morgan fingerprint density at radius 3 is 2.82 bits per heavy atom. The summed E-state index contributed by atoms with van der Waals surface area (Å²) in [6.07, 6.45) is 0.443. The van der Waals surface area contributed by atoms with E-state index in [0.717, 1.165) is 10.2 Å². The molecule has 0 spiro atoms. The topological polar surface area (TPSA) is 69.9 Å². The highest BCUT2D eigenvalue weighted by Gasteiger charge is 2.07. The van der Waals surface area contributed by atoms with Crippen molar-refractivity contribution in [2.75, 3.05) is 6.61 Å². The molecule has 87 valence electrons. The highest BCUT2D eigenvalue weighted by atomic mass is 79.9. The van der Waals surface area contributed by atoms with Gasteiger partial charge in [-0.25, -0.2) is 4.79 Å². The van der Waals surface area contributed by atoms with Crippen LogP contribution in [0.15, 0.2) is 28.7 Å². The standard InChI is InChI=1S/C10H8BrN4O2/c11-8-1-3-9(4-2-8)15-10(12-13-14-15)5-6-17-7-16/h1-4H,5-6H2. The summed E-state index contributed by atoms with van der Waals surface area (Å²) >= 11 is 3.35. The van der Waals surface area contributed by atoms with Gasteiger partial charge in [0, 0.05) is 10.9 Å². The normalized spacial score (nSPS) is 10.2. The predicted octanol–water partition coefficient (Wildman–Crippen LogP) is 1.05. The highest BCUT2D eigenvalue weighted by Crippen LogP contribution is 2.14. The van der Waals surface area contributed by atoms with Crippen LogP contribution in [0.1, 0.15) is 5.82 Å². The minimum atomic E-state index is 0.209. The predicted molar refractivity (Wildman–Crippen MR) is 62.2 cm³/mol. The number of ether oxygens (including phenoxy) is 1. The van der Waals surface area contributed by atoms with Crippen LogP contribution in [0.4, 0.5) is 0 Å². The third-order valence-electron chi connectivity index (χ3n) is 2.09. The van der Waals surface area contributed by atoms with Gasteiger partial charge in [0.05, 0.1) is 12.3 Å². The Bertz CT molecular complexity index is 497. The fourth-order valence-corrected chi connectivity index (χ4v) is 1.59.